The average Bonchev–Trinajstić information content (AvgIpc) is 2.88. The van der Waals surface area contributed by atoms with Gasteiger partial charge in [-0.2, -0.15) is 0 Å². The molecule has 1 aliphatic carbocycles. The summed E-state index contributed by atoms with van der Waals surface area (Å²) in [6, 6.07) is 5.85. The van der Waals surface area contributed by atoms with E-state index in [1.54, 1.807) is 7.11 Å². The lowest BCUT2D eigenvalue weighted by Crippen LogP contribution is -2.10. The first-order valence-electron chi connectivity index (χ1n) is 4.68. The van der Waals surface area contributed by atoms with Gasteiger partial charge in [-0.3, -0.25) is 0 Å². The van der Waals surface area contributed by atoms with Crippen molar-refractivity contribution in [1.82, 2.24) is 0 Å². The molecule has 0 aromatic heterocycles. The average molecular weight is 257 g/mol. The molecule has 1 aliphatic rings. The summed E-state index contributed by atoms with van der Waals surface area (Å²) in [6.07, 6.45) is 2.58. The van der Waals surface area contributed by atoms with Crippen LogP contribution in [0, 0.1) is 0 Å². The molecule has 0 radical (unpaired) electrons. The number of ether oxygens (including phenoxy) is 1. The summed E-state index contributed by atoms with van der Waals surface area (Å²) < 4.78 is 6.11. The molecule has 3 heteroatoms. The van der Waals surface area contributed by atoms with Crippen LogP contribution >= 0.6 is 15.9 Å². The minimum absolute atomic E-state index is 0.433. The van der Waals surface area contributed by atoms with E-state index in [9.17, 15) is 5.11 Å². The molecule has 2 nitrogen and oxygen atoms in total. The van der Waals surface area contributed by atoms with Gasteiger partial charge in [-0.25, -0.2) is 0 Å². The number of halogens is 1. The Morgan fingerprint density at radius 1 is 1.50 bits per heavy atom. The van der Waals surface area contributed by atoms with Gasteiger partial charge in [0.1, 0.15) is 5.75 Å². The van der Waals surface area contributed by atoms with Crippen molar-refractivity contribution in [1.29, 1.82) is 0 Å². The molecule has 0 spiro atoms. The second-order valence-corrected chi connectivity index (χ2v) is 4.71. The summed E-state index contributed by atoms with van der Waals surface area (Å²) in [6.45, 7) is 0. The van der Waals surface area contributed by atoms with E-state index in [0.717, 1.165) is 35.0 Å². The second kappa shape index (κ2) is 3.55. The number of benzene rings is 1. The van der Waals surface area contributed by atoms with Gasteiger partial charge in [-0.1, -0.05) is 22.0 Å². The van der Waals surface area contributed by atoms with Crippen molar-refractivity contribution < 1.29 is 9.84 Å². The van der Waals surface area contributed by atoms with Crippen LogP contribution in [0.5, 0.6) is 5.75 Å². The highest BCUT2D eigenvalue weighted by Crippen LogP contribution is 2.40. The second-order valence-electron chi connectivity index (χ2n) is 3.86. The summed E-state index contributed by atoms with van der Waals surface area (Å²) >= 11 is 3.48. The summed E-state index contributed by atoms with van der Waals surface area (Å²) in [7, 11) is 1.65. The maximum Gasteiger partial charge on any atom is 0.120 e. The third-order valence-electron chi connectivity index (χ3n) is 2.61. The van der Waals surface area contributed by atoms with Gasteiger partial charge < -0.3 is 9.84 Å². The highest BCUT2D eigenvalue weighted by Gasteiger charge is 2.40. The zero-order valence-corrected chi connectivity index (χ0v) is 9.67. The molecule has 1 saturated carbocycles. The van der Waals surface area contributed by atoms with Gasteiger partial charge in [0.05, 0.1) is 12.7 Å². The SMILES string of the molecule is COc1ccc(CC2(O)CC2)c(Br)c1. The molecule has 0 bridgehead atoms. The quantitative estimate of drug-likeness (QED) is 0.901. The van der Waals surface area contributed by atoms with Crippen molar-refractivity contribution >= 4 is 15.9 Å². The molecule has 0 saturated heterocycles. The van der Waals surface area contributed by atoms with E-state index in [0.29, 0.717) is 0 Å². The molecule has 1 aromatic rings. The van der Waals surface area contributed by atoms with Gasteiger partial charge in [0, 0.05) is 10.9 Å². The van der Waals surface area contributed by atoms with Crippen molar-refractivity contribution in [2.24, 2.45) is 0 Å². The molecular formula is C11H13BrO2. The number of rotatable bonds is 3. The van der Waals surface area contributed by atoms with Crippen LogP contribution in [0.2, 0.25) is 0 Å². The van der Waals surface area contributed by atoms with Crippen LogP contribution in [-0.2, 0) is 6.42 Å². The van der Waals surface area contributed by atoms with Gasteiger partial charge in [-0.15, -0.1) is 0 Å². The van der Waals surface area contributed by atoms with Crippen LogP contribution in [0.25, 0.3) is 0 Å². The summed E-state index contributed by atoms with van der Waals surface area (Å²) in [5.41, 5.74) is 0.711. The van der Waals surface area contributed by atoms with E-state index in [1.165, 1.54) is 0 Å². The molecule has 0 heterocycles. The van der Waals surface area contributed by atoms with Crippen molar-refractivity contribution in [2.45, 2.75) is 24.9 Å². The van der Waals surface area contributed by atoms with Crippen molar-refractivity contribution in [3.05, 3.63) is 28.2 Å². The van der Waals surface area contributed by atoms with Crippen molar-refractivity contribution in [2.75, 3.05) is 7.11 Å². The minimum Gasteiger partial charge on any atom is -0.497 e. The molecular weight excluding hydrogens is 244 g/mol. The Kier molecular flexibility index (Phi) is 2.54. The fourth-order valence-corrected chi connectivity index (χ4v) is 1.97. The zero-order chi connectivity index (χ0) is 10.2. The van der Waals surface area contributed by atoms with Crippen molar-refractivity contribution in [3.63, 3.8) is 0 Å². The predicted octanol–water partition coefficient (Wildman–Crippen LogP) is 2.53. The predicted molar refractivity (Wildman–Crippen MR) is 58.6 cm³/mol. The minimum atomic E-state index is -0.433. The summed E-state index contributed by atoms with van der Waals surface area (Å²) in [5.74, 6) is 0.836. The smallest absolute Gasteiger partial charge is 0.120 e. The first-order valence-corrected chi connectivity index (χ1v) is 5.47. The Morgan fingerprint density at radius 2 is 2.21 bits per heavy atom. The molecule has 0 atom stereocenters. The third kappa shape index (κ3) is 2.10. The highest BCUT2D eigenvalue weighted by molar-refractivity contribution is 9.10. The van der Waals surface area contributed by atoms with E-state index in [1.807, 2.05) is 18.2 Å². The molecule has 0 aliphatic heterocycles. The van der Waals surface area contributed by atoms with Crippen LogP contribution in [0.1, 0.15) is 18.4 Å². The fourth-order valence-electron chi connectivity index (χ4n) is 1.47. The molecule has 0 amide bonds. The molecule has 2 rings (SSSR count). The largest absolute Gasteiger partial charge is 0.497 e. The van der Waals surface area contributed by atoms with Gasteiger partial charge in [0.15, 0.2) is 0 Å². The number of methoxy groups -OCH3 is 1. The normalized spacial score (nSPS) is 17.9. The molecule has 1 aromatic carbocycles. The van der Waals surface area contributed by atoms with Gasteiger partial charge in [0.2, 0.25) is 0 Å². The standard InChI is InChI=1S/C11H13BrO2/c1-14-9-3-2-8(10(12)6-9)7-11(13)4-5-11/h2-3,6,13H,4-5,7H2,1H3. The topological polar surface area (TPSA) is 29.5 Å². The third-order valence-corrected chi connectivity index (χ3v) is 3.35. The zero-order valence-electron chi connectivity index (χ0n) is 8.09. The Hall–Kier alpha value is -0.540. The van der Waals surface area contributed by atoms with Crippen LogP contribution in [-0.4, -0.2) is 17.8 Å². The van der Waals surface area contributed by atoms with Crippen LogP contribution < -0.4 is 4.74 Å². The van der Waals surface area contributed by atoms with E-state index in [2.05, 4.69) is 15.9 Å². The highest BCUT2D eigenvalue weighted by atomic mass is 79.9. The molecule has 1 N–H and O–H groups in total. The van der Waals surface area contributed by atoms with Crippen LogP contribution in [0.3, 0.4) is 0 Å². The maximum atomic E-state index is 9.78. The maximum absolute atomic E-state index is 9.78. The fraction of sp³-hybridized carbons (Fsp3) is 0.455. The van der Waals surface area contributed by atoms with E-state index < -0.39 is 5.60 Å². The molecule has 14 heavy (non-hydrogen) atoms. The van der Waals surface area contributed by atoms with E-state index in [-0.39, 0.29) is 0 Å². The van der Waals surface area contributed by atoms with E-state index >= 15 is 0 Å². The monoisotopic (exact) mass is 256 g/mol. The number of hydrogen-bond acceptors (Lipinski definition) is 2. The Balaban J connectivity index is 2.17. The lowest BCUT2D eigenvalue weighted by molar-refractivity contribution is 0.150. The van der Waals surface area contributed by atoms with Crippen LogP contribution in [0.4, 0.5) is 0 Å². The first kappa shape index (κ1) is 9.99. The Bertz CT molecular complexity index is 345. The lowest BCUT2D eigenvalue weighted by Gasteiger charge is -2.10. The lowest BCUT2D eigenvalue weighted by atomic mass is 10.1. The molecule has 1 fully saturated rings. The van der Waals surface area contributed by atoms with Gasteiger partial charge >= 0.3 is 0 Å². The van der Waals surface area contributed by atoms with Crippen LogP contribution in [0.15, 0.2) is 22.7 Å². The first-order chi connectivity index (χ1) is 6.63. The number of aliphatic hydroxyl groups is 1. The summed E-state index contributed by atoms with van der Waals surface area (Å²) in [4.78, 5) is 0. The number of hydrogen-bond donors (Lipinski definition) is 1. The Labute approximate surface area is 92.0 Å². The Morgan fingerprint density at radius 3 is 2.71 bits per heavy atom. The van der Waals surface area contributed by atoms with Crippen molar-refractivity contribution in [3.8, 4) is 5.75 Å². The molecule has 76 valence electrons. The van der Waals surface area contributed by atoms with Gasteiger partial charge in [0.25, 0.3) is 0 Å². The summed E-state index contributed by atoms with van der Waals surface area (Å²) in [5, 5.41) is 9.78. The van der Waals surface area contributed by atoms with E-state index in [4.69, 9.17) is 4.74 Å². The molecule has 0 unspecified atom stereocenters. The van der Waals surface area contributed by atoms with Gasteiger partial charge in [-0.05, 0) is 30.5 Å².